The summed E-state index contributed by atoms with van der Waals surface area (Å²) in [5.41, 5.74) is 6.37. The Balaban J connectivity index is 2.41. The average Bonchev–Trinajstić information content (AvgIpc) is 2.40. The molecule has 0 aliphatic rings. The van der Waals surface area contributed by atoms with Crippen molar-refractivity contribution >= 4 is 27.1 Å². The van der Waals surface area contributed by atoms with E-state index in [4.69, 9.17) is 5.73 Å². The first-order valence-electron chi connectivity index (χ1n) is 5.93. The normalized spacial score (nSPS) is 11.1. The quantitative estimate of drug-likeness (QED) is 0.511. The van der Waals surface area contributed by atoms with Gasteiger partial charge in [0.1, 0.15) is 0 Å². The molecule has 2 rings (SSSR count). The van der Waals surface area contributed by atoms with Crippen LogP contribution in [0.3, 0.4) is 0 Å². The number of nitrogens with one attached hydrogen (secondary N) is 1. The van der Waals surface area contributed by atoms with E-state index in [0.29, 0.717) is 5.69 Å². The van der Waals surface area contributed by atoms with Crippen LogP contribution in [0, 0.1) is 17.0 Å². The van der Waals surface area contributed by atoms with Gasteiger partial charge < -0.3 is 5.73 Å². The topological polar surface area (TPSA) is 115 Å². The average molecular weight is 307 g/mol. The van der Waals surface area contributed by atoms with E-state index in [1.54, 1.807) is 18.2 Å². The number of anilines is 2. The van der Waals surface area contributed by atoms with E-state index in [2.05, 4.69) is 4.72 Å². The van der Waals surface area contributed by atoms with Crippen LogP contribution in [-0.2, 0) is 10.0 Å². The molecule has 0 saturated heterocycles. The first kappa shape index (κ1) is 14.8. The molecule has 0 bridgehead atoms. The van der Waals surface area contributed by atoms with Crippen LogP contribution in [0.2, 0.25) is 0 Å². The van der Waals surface area contributed by atoms with Gasteiger partial charge in [-0.2, -0.15) is 0 Å². The maximum absolute atomic E-state index is 12.3. The number of non-ortho nitro benzene ring substituents is 1. The van der Waals surface area contributed by atoms with Crippen LogP contribution in [0.15, 0.2) is 47.4 Å². The molecule has 110 valence electrons. The molecule has 0 amide bonds. The van der Waals surface area contributed by atoms with Crippen LogP contribution in [0.5, 0.6) is 0 Å². The summed E-state index contributed by atoms with van der Waals surface area (Å²) in [6.45, 7) is 1.50. The van der Waals surface area contributed by atoms with Gasteiger partial charge in [0, 0.05) is 12.1 Å². The number of benzene rings is 2. The second-order valence-corrected chi connectivity index (χ2v) is 6.05. The minimum Gasteiger partial charge on any atom is -0.397 e. The number of aryl methyl sites for hydroxylation is 1. The molecule has 7 nitrogen and oxygen atoms in total. The Morgan fingerprint density at radius 1 is 1.19 bits per heavy atom. The molecule has 0 aliphatic heterocycles. The summed E-state index contributed by atoms with van der Waals surface area (Å²) in [6.07, 6.45) is 0. The molecule has 21 heavy (non-hydrogen) atoms. The molecule has 2 aromatic carbocycles. The lowest BCUT2D eigenvalue weighted by Gasteiger charge is -2.11. The van der Waals surface area contributed by atoms with Gasteiger partial charge >= 0.3 is 0 Å². The van der Waals surface area contributed by atoms with Crippen LogP contribution in [-0.4, -0.2) is 13.3 Å². The number of nitro benzene ring substituents is 1. The van der Waals surface area contributed by atoms with Crippen LogP contribution in [0.4, 0.5) is 17.1 Å². The highest BCUT2D eigenvalue weighted by Crippen LogP contribution is 2.25. The Morgan fingerprint density at radius 3 is 2.43 bits per heavy atom. The van der Waals surface area contributed by atoms with Crippen molar-refractivity contribution in [1.82, 2.24) is 0 Å². The number of para-hydroxylation sites is 2. The zero-order valence-corrected chi connectivity index (χ0v) is 11.9. The van der Waals surface area contributed by atoms with Crippen molar-refractivity contribution in [1.29, 1.82) is 0 Å². The molecule has 0 saturated carbocycles. The molecular formula is C13H13N3O4S. The number of hydrogen-bond donors (Lipinski definition) is 2. The van der Waals surface area contributed by atoms with Crippen molar-refractivity contribution in [2.75, 3.05) is 10.5 Å². The number of hydrogen-bond acceptors (Lipinski definition) is 5. The first-order chi connectivity index (χ1) is 9.81. The van der Waals surface area contributed by atoms with Crippen molar-refractivity contribution in [2.45, 2.75) is 11.8 Å². The third-order valence-corrected chi connectivity index (χ3v) is 4.39. The summed E-state index contributed by atoms with van der Waals surface area (Å²) >= 11 is 0. The van der Waals surface area contributed by atoms with E-state index in [-0.39, 0.29) is 21.8 Å². The van der Waals surface area contributed by atoms with Gasteiger partial charge in [-0.3, -0.25) is 14.8 Å². The molecule has 0 radical (unpaired) electrons. The zero-order valence-electron chi connectivity index (χ0n) is 11.1. The summed E-state index contributed by atoms with van der Waals surface area (Å²) in [7, 11) is -3.86. The SMILES string of the molecule is Cc1cc([N+](=O)[O-])ccc1S(=O)(=O)Nc1ccccc1N. The maximum Gasteiger partial charge on any atom is 0.269 e. The van der Waals surface area contributed by atoms with E-state index in [0.717, 1.165) is 6.07 Å². The fourth-order valence-corrected chi connectivity index (χ4v) is 3.15. The molecule has 2 aromatic rings. The Labute approximate surface area is 121 Å². The number of nitrogen functional groups attached to an aromatic ring is 1. The van der Waals surface area contributed by atoms with Gasteiger partial charge in [-0.25, -0.2) is 8.42 Å². The molecular weight excluding hydrogens is 294 g/mol. The Morgan fingerprint density at radius 2 is 1.86 bits per heavy atom. The first-order valence-corrected chi connectivity index (χ1v) is 7.42. The van der Waals surface area contributed by atoms with E-state index in [9.17, 15) is 18.5 Å². The molecule has 0 aromatic heterocycles. The summed E-state index contributed by atoms with van der Waals surface area (Å²) < 4.78 is 27.0. The summed E-state index contributed by atoms with van der Waals surface area (Å²) in [6, 6.07) is 10.0. The maximum atomic E-state index is 12.3. The molecule has 8 heteroatoms. The van der Waals surface area contributed by atoms with E-state index < -0.39 is 14.9 Å². The van der Waals surface area contributed by atoms with E-state index in [1.165, 1.54) is 25.1 Å². The summed E-state index contributed by atoms with van der Waals surface area (Å²) in [5, 5.41) is 10.7. The van der Waals surface area contributed by atoms with Gasteiger partial charge in [-0.1, -0.05) is 12.1 Å². The van der Waals surface area contributed by atoms with Gasteiger partial charge in [0.05, 0.1) is 21.2 Å². The Hall–Kier alpha value is -2.61. The smallest absolute Gasteiger partial charge is 0.269 e. The van der Waals surface area contributed by atoms with Crippen molar-refractivity contribution in [2.24, 2.45) is 0 Å². The van der Waals surface area contributed by atoms with E-state index in [1.807, 2.05) is 0 Å². The predicted octanol–water partition coefficient (Wildman–Crippen LogP) is 2.29. The van der Waals surface area contributed by atoms with Crippen molar-refractivity contribution in [3.8, 4) is 0 Å². The number of nitrogens with zero attached hydrogens (tertiary/aromatic N) is 1. The minimum absolute atomic E-state index is 0.0312. The Bertz CT molecular complexity index is 803. The summed E-state index contributed by atoms with van der Waals surface area (Å²) in [4.78, 5) is 10.1. The van der Waals surface area contributed by atoms with Gasteiger partial charge in [0.2, 0.25) is 0 Å². The van der Waals surface area contributed by atoms with E-state index >= 15 is 0 Å². The summed E-state index contributed by atoms with van der Waals surface area (Å²) in [5.74, 6) is 0. The van der Waals surface area contributed by atoms with Crippen molar-refractivity contribution in [3.63, 3.8) is 0 Å². The van der Waals surface area contributed by atoms with Gasteiger partial charge in [-0.05, 0) is 30.7 Å². The lowest BCUT2D eigenvalue weighted by atomic mass is 10.2. The van der Waals surface area contributed by atoms with Gasteiger partial charge in [0.15, 0.2) is 0 Å². The second-order valence-electron chi connectivity index (χ2n) is 4.40. The largest absolute Gasteiger partial charge is 0.397 e. The molecule has 0 fully saturated rings. The highest BCUT2D eigenvalue weighted by Gasteiger charge is 2.20. The van der Waals surface area contributed by atoms with Gasteiger partial charge in [-0.15, -0.1) is 0 Å². The number of sulfonamides is 1. The third kappa shape index (κ3) is 3.11. The lowest BCUT2D eigenvalue weighted by Crippen LogP contribution is -2.15. The predicted molar refractivity (Wildman–Crippen MR) is 79.5 cm³/mol. The van der Waals surface area contributed by atoms with Gasteiger partial charge in [0.25, 0.3) is 15.7 Å². The minimum atomic E-state index is -3.86. The number of rotatable bonds is 4. The standard InChI is InChI=1S/C13H13N3O4S/c1-9-8-10(16(17)18)6-7-13(9)21(19,20)15-12-5-3-2-4-11(12)14/h2-8,15H,14H2,1H3. The lowest BCUT2D eigenvalue weighted by molar-refractivity contribution is -0.385. The zero-order chi connectivity index (χ0) is 15.6. The number of nitrogens with two attached hydrogens (primary N) is 1. The van der Waals surface area contributed by atoms with Crippen LogP contribution < -0.4 is 10.5 Å². The molecule has 0 unspecified atom stereocenters. The highest BCUT2D eigenvalue weighted by molar-refractivity contribution is 7.92. The molecule has 0 heterocycles. The number of nitro groups is 1. The van der Waals surface area contributed by atoms with Crippen LogP contribution >= 0.6 is 0 Å². The van der Waals surface area contributed by atoms with Crippen molar-refractivity contribution < 1.29 is 13.3 Å². The second kappa shape index (κ2) is 5.41. The highest BCUT2D eigenvalue weighted by atomic mass is 32.2. The Kier molecular flexibility index (Phi) is 3.81. The fraction of sp³-hybridized carbons (Fsp3) is 0.0769. The van der Waals surface area contributed by atoms with Crippen LogP contribution in [0.1, 0.15) is 5.56 Å². The monoisotopic (exact) mass is 307 g/mol. The van der Waals surface area contributed by atoms with Crippen LogP contribution in [0.25, 0.3) is 0 Å². The fourth-order valence-electron chi connectivity index (χ4n) is 1.84. The third-order valence-electron chi connectivity index (χ3n) is 2.86. The molecule has 3 N–H and O–H groups in total. The molecule has 0 aliphatic carbocycles. The molecule has 0 atom stereocenters. The molecule has 0 spiro atoms. The van der Waals surface area contributed by atoms with Crippen molar-refractivity contribution in [3.05, 3.63) is 58.1 Å².